The van der Waals surface area contributed by atoms with Crippen molar-refractivity contribution in [1.29, 1.82) is 0 Å². The average Bonchev–Trinajstić information content (AvgIpc) is 3.07. The summed E-state index contributed by atoms with van der Waals surface area (Å²) in [5, 5.41) is 7.36. The number of aromatic nitrogens is 3. The Labute approximate surface area is 132 Å². The number of nitrogens with zero attached hydrogens (tertiary/aromatic N) is 3. The summed E-state index contributed by atoms with van der Waals surface area (Å²) in [5.41, 5.74) is 0.637. The second-order valence-electron chi connectivity index (χ2n) is 4.47. The topological polar surface area (TPSA) is 64.8 Å². The highest BCUT2D eigenvalue weighted by molar-refractivity contribution is 14.1. The van der Waals surface area contributed by atoms with Crippen LogP contribution in [0.2, 0.25) is 0 Å². The maximum Gasteiger partial charge on any atom is 0.296 e. The molecule has 0 bridgehead atoms. The molecule has 3 rings (SSSR count). The van der Waals surface area contributed by atoms with E-state index in [0.29, 0.717) is 15.0 Å². The van der Waals surface area contributed by atoms with E-state index in [1.54, 1.807) is 6.07 Å². The summed E-state index contributed by atoms with van der Waals surface area (Å²) in [7, 11) is 1.43. The Bertz CT molecular complexity index is 789. The van der Waals surface area contributed by atoms with Gasteiger partial charge >= 0.3 is 0 Å². The molecule has 0 aliphatic heterocycles. The Morgan fingerprint density at radius 2 is 2.05 bits per heavy atom. The minimum absolute atomic E-state index is 0.0318. The molecule has 20 heavy (non-hydrogen) atoms. The Balaban J connectivity index is 2.22. The largest absolute Gasteiger partial charge is 0.296 e. The van der Waals surface area contributed by atoms with Gasteiger partial charge in [-0.1, -0.05) is 0 Å². The minimum Gasteiger partial charge on any atom is -0.294 e. The van der Waals surface area contributed by atoms with E-state index in [4.69, 9.17) is 10.7 Å². The molecule has 0 spiro atoms. The Hall–Kier alpha value is -0.740. The molecular formula is C11H8ClFIN3O2S. The molecule has 1 heterocycles. The van der Waals surface area contributed by atoms with Crippen LogP contribution in [0.4, 0.5) is 4.39 Å². The molecule has 1 aromatic carbocycles. The minimum atomic E-state index is -3.96. The number of hydrogen-bond donors (Lipinski definition) is 0. The van der Waals surface area contributed by atoms with Crippen LogP contribution in [-0.2, 0) is 9.05 Å². The molecule has 5 nitrogen and oxygen atoms in total. The SMILES string of the molecule is O=S(=O)(Cl)c1nnc(-c2ccc(F)cc2I)n1C1CC1. The van der Waals surface area contributed by atoms with Gasteiger partial charge in [0, 0.05) is 25.9 Å². The van der Waals surface area contributed by atoms with Crippen LogP contribution in [0.3, 0.4) is 0 Å². The van der Waals surface area contributed by atoms with E-state index in [0.717, 1.165) is 12.8 Å². The lowest BCUT2D eigenvalue weighted by Crippen LogP contribution is -2.06. The van der Waals surface area contributed by atoms with Gasteiger partial charge in [0.2, 0.25) is 0 Å². The van der Waals surface area contributed by atoms with Gasteiger partial charge in [0.1, 0.15) is 5.82 Å². The molecule has 1 aliphatic carbocycles. The highest BCUT2D eigenvalue weighted by Crippen LogP contribution is 2.41. The van der Waals surface area contributed by atoms with Gasteiger partial charge in [0.15, 0.2) is 5.82 Å². The van der Waals surface area contributed by atoms with Crippen molar-refractivity contribution < 1.29 is 12.8 Å². The molecule has 9 heteroatoms. The summed E-state index contributed by atoms with van der Waals surface area (Å²) < 4.78 is 38.4. The van der Waals surface area contributed by atoms with E-state index in [1.165, 1.54) is 16.7 Å². The second kappa shape index (κ2) is 4.92. The second-order valence-corrected chi connectivity index (χ2v) is 8.09. The molecule has 2 aromatic rings. The van der Waals surface area contributed by atoms with Gasteiger partial charge in [-0.2, -0.15) is 0 Å². The van der Waals surface area contributed by atoms with E-state index in [2.05, 4.69) is 10.2 Å². The van der Waals surface area contributed by atoms with Crippen molar-refractivity contribution >= 4 is 42.3 Å². The third-order valence-electron chi connectivity index (χ3n) is 2.97. The Morgan fingerprint density at radius 3 is 2.60 bits per heavy atom. The number of halogens is 3. The van der Waals surface area contributed by atoms with E-state index < -0.39 is 9.05 Å². The van der Waals surface area contributed by atoms with Gasteiger partial charge in [-0.3, -0.25) is 4.57 Å². The van der Waals surface area contributed by atoms with Crippen molar-refractivity contribution in [2.75, 3.05) is 0 Å². The zero-order valence-electron chi connectivity index (χ0n) is 9.92. The molecule has 1 aromatic heterocycles. The van der Waals surface area contributed by atoms with Crippen LogP contribution >= 0.6 is 33.3 Å². The highest BCUT2D eigenvalue weighted by atomic mass is 127. The van der Waals surface area contributed by atoms with Crippen LogP contribution in [0.1, 0.15) is 18.9 Å². The first kappa shape index (κ1) is 14.2. The maximum absolute atomic E-state index is 13.2. The molecule has 0 radical (unpaired) electrons. The Kier molecular flexibility index (Phi) is 3.49. The average molecular weight is 428 g/mol. The van der Waals surface area contributed by atoms with Gasteiger partial charge < -0.3 is 0 Å². The highest BCUT2D eigenvalue weighted by Gasteiger charge is 2.34. The monoisotopic (exact) mass is 427 g/mol. The van der Waals surface area contributed by atoms with Crippen molar-refractivity contribution in [2.45, 2.75) is 24.0 Å². The fourth-order valence-electron chi connectivity index (χ4n) is 1.96. The predicted octanol–water partition coefficient (Wildman–Crippen LogP) is 2.95. The van der Waals surface area contributed by atoms with Crippen LogP contribution in [0.5, 0.6) is 0 Å². The lowest BCUT2D eigenvalue weighted by molar-refractivity contribution is 0.579. The van der Waals surface area contributed by atoms with Crippen molar-refractivity contribution in [2.24, 2.45) is 0 Å². The van der Waals surface area contributed by atoms with Gasteiger partial charge in [-0.15, -0.1) is 10.2 Å². The van der Waals surface area contributed by atoms with Crippen molar-refractivity contribution in [3.05, 3.63) is 27.6 Å². The molecule has 0 N–H and O–H groups in total. The van der Waals surface area contributed by atoms with Crippen LogP contribution in [0, 0.1) is 9.39 Å². The van der Waals surface area contributed by atoms with E-state index in [1.807, 2.05) is 22.6 Å². The van der Waals surface area contributed by atoms with Crippen molar-refractivity contribution in [1.82, 2.24) is 14.8 Å². The molecule has 1 aliphatic rings. The fourth-order valence-corrected chi connectivity index (χ4v) is 3.60. The van der Waals surface area contributed by atoms with Gasteiger partial charge in [0.05, 0.1) is 0 Å². The van der Waals surface area contributed by atoms with Gasteiger partial charge in [-0.25, -0.2) is 12.8 Å². The summed E-state index contributed by atoms with van der Waals surface area (Å²) in [6.07, 6.45) is 1.70. The zero-order valence-corrected chi connectivity index (χ0v) is 13.7. The van der Waals surface area contributed by atoms with Crippen molar-refractivity contribution in [3.63, 3.8) is 0 Å². The maximum atomic E-state index is 13.2. The molecule has 1 saturated carbocycles. The van der Waals surface area contributed by atoms with E-state index in [-0.39, 0.29) is 17.0 Å². The van der Waals surface area contributed by atoms with Crippen LogP contribution in [-0.4, -0.2) is 23.2 Å². The molecule has 0 amide bonds. The molecule has 0 atom stereocenters. The number of benzene rings is 1. The first-order valence-electron chi connectivity index (χ1n) is 5.73. The predicted molar refractivity (Wildman–Crippen MR) is 79.4 cm³/mol. The van der Waals surface area contributed by atoms with E-state index >= 15 is 0 Å². The van der Waals surface area contributed by atoms with Crippen molar-refractivity contribution in [3.8, 4) is 11.4 Å². The summed E-state index contributed by atoms with van der Waals surface area (Å²) in [5.74, 6) is 0.0388. The molecular weight excluding hydrogens is 420 g/mol. The standard InChI is InChI=1S/C11H8ClFIN3O2S/c12-20(18,19)11-16-15-10(17(11)7-2-3-7)8-4-1-6(13)5-9(8)14/h1,4-5,7H,2-3H2. The Morgan fingerprint density at radius 1 is 1.35 bits per heavy atom. The smallest absolute Gasteiger partial charge is 0.294 e. The number of hydrogen-bond acceptors (Lipinski definition) is 4. The summed E-state index contributed by atoms with van der Waals surface area (Å²) in [6, 6.07) is 4.25. The first-order chi connectivity index (χ1) is 9.38. The lowest BCUT2D eigenvalue weighted by atomic mass is 10.2. The number of rotatable bonds is 3. The lowest BCUT2D eigenvalue weighted by Gasteiger charge is -2.08. The molecule has 0 saturated heterocycles. The van der Waals surface area contributed by atoms with Crippen LogP contribution in [0.25, 0.3) is 11.4 Å². The summed E-state index contributed by atoms with van der Waals surface area (Å²) >= 11 is 1.98. The molecule has 1 fully saturated rings. The molecule has 106 valence electrons. The third kappa shape index (κ3) is 2.56. The quantitative estimate of drug-likeness (QED) is 0.558. The van der Waals surface area contributed by atoms with Gasteiger partial charge in [-0.05, 0) is 53.6 Å². The fraction of sp³-hybridized carbons (Fsp3) is 0.273. The molecule has 0 unspecified atom stereocenters. The normalized spacial score (nSPS) is 15.6. The van der Waals surface area contributed by atoms with Crippen LogP contribution < -0.4 is 0 Å². The van der Waals surface area contributed by atoms with Gasteiger partial charge in [0.25, 0.3) is 14.2 Å². The summed E-state index contributed by atoms with van der Waals surface area (Å²) in [6.45, 7) is 0. The van der Waals surface area contributed by atoms with Crippen LogP contribution in [0.15, 0.2) is 23.4 Å². The van der Waals surface area contributed by atoms with E-state index in [9.17, 15) is 12.8 Å². The summed E-state index contributed by atoms with van der Waals surface area (Å²) in [4.78, 5) is 0. The zero-order chi connectivity index (χ0) is 14.5. The third-order valence-corrected chi connectivity index (χ3v) is 4.99. The first-order valence-corrected chi connectivity index (χ1v) is 9.11.